The number of para-hydroxylation sites is 1. The molecule has 2 rings (SSSR count). The van der Waals surface area contributed by atoms with Crippen LogP contribution in [0.15, 0.2) is 42.5 Å². The van der Waals surface area contributed by atoms with Gasteiger partial charge in [-0.1, -0.05) is 29.8 Å². The molecule has 0 fully saturated rings. The first-order chi connectivity index (χ1) is 9.61. The van der Waals surface area contributed by atoms with Gasteiger partial charge in [-0.3, -0.25) is 0 Å². The molecule has 0 unspecified atom stereocenters. The Morgan fingerprint density at radius 3 is 2.60 bits per heavy atom. The highest BCUT2D eigenvalue weighted by Gasteiger charge is 2.11. The van der Waals surface area contributed by atoms with Crippen LogP contribution >= 0.6 is 11.6 Å². The van der Waals surface area contributed by atoms with Crippen LogP contribution in [0.1, 0.15) is 15.9 Å². The number of carboxylic acid groups (broad SMARTS) is 1. The Labute approximate surface area is 121 Å². The van der Waals surface area contributed by atoms with Gasteiger partial charge in [-0.2, -0.15) is 0 Å². The first kappa shape index (κ1) is 14.2. The quantitative estimate of drug-likeness (QED) is 0.914. The van der Waals surface area contributed by atoms with Gasteiger partial charge in [0.15, 0.2) is 0 Å². The van der Waals surface area contributed by atoms with Crippen molar-refractivity contribution in [2.75, 3.05) is 7.11 Å². The number of hydrogen-bond donors (Lipinski definition) is 1. The second-order valence-electron chi connectivity index (χ2n) is 4.06. The summed E-state index contributed by atoms with van der Waals surface area (Å²) in [5.41, 5.74) is 0.917. The zero-order valence-electron chi connectivity index (χ0n) is 10.8. The van der Waals surface area contributed by atoms with Crippen molar-refractivity contribution in [3.05, 3.63) is 58.6 Å². The first-order valence-corrected chi connectivity index (χ1v) is 6.27. The van der Waals surface area contributed by atoms with E-state index in [2.05, 4.69) is 0 Å². The van der Waals surface area contributed by atoms with Crippen molar-refractivity contribution in [3.63, 3.8) is 0 Å². The highest BCUT2D eigenvalue weighted by atomic mass is 35.5. The lowest BCUT2D eigenvalue weighted by Gasteiger charge is -2.10. The van der Waals surface area contributed by atoms with Crippen LogP contribution in [0.2, 0.25) is 5.02 Å². The van der Waals surface area contributed by atoms with Gasteiger partial charge in [0.1, 0.15) is 23.7 Å². The van der Waals surface area contributed by atoms with E-state index in [4.69, 9.17) is 26.2 Å². The van der Waals surface area contributed by atoms with Crippen molar-refractivity contribution >= 4 is 17.6 Å². The molecule has 0 radical (unpaired) electrons. The summed E-state index contributed by atoms with van der Waals surface area (Å²) in [7, 11) is 1.43. The van der Waals surface area contributed by atoms with E-state index in [9.17, 15) is 4.79 Å². The number of carboxylic acids is 1. The van der Waals surface area contributed by atoms with Crippen molar-refractivity contribution < 1.29 is 19.4 Å². The number of methoxy groups -OCH3 is 1. The molecule has 2 aromatic carbocycles. The molecule has 0 aliphatic carbocycles. The third-order valence-corrected chi connectivity index (χ3v) is 3.04. The summed E-state index contributed by atoms with van der Waals surface area (Å²) in [5.74, 6) is -0.145. The van der Waals surface area contributed by atoms with E-state index in [1.165, 1.54) is 13.2 Å². The largest absolute Gasteiger partial charge is 0.496 e. The second kappa shape index (κ2) is 6.30. The van der Waals surface area contributed by atoms with Gasteiger partial charge < -0.3 is 14.6 Å². The van der Waals surface area contributed by atoms with Crippen LogP contribution in [0, 0.1) is 0 Å². The van der Waals surface area contributed by atoms with Crippen LogP contribution in [0.25, 0.3) is 0 Å². The third-order valence-electron chi connectivity index (χ3n) is 2.73. The maximum atomic E-state index is 11.0. The topological polar surface area (TPSA) is 55.8 Å². The third kappa shape index (κ3) is 3.22. The Balaban J connectivity index is 2.15. The minimum Gasteiger partial charge on any atom is -0.496 e. The molecule has 0 bridgehead atoms. The van der Waals surface area contributed by atoms with Crippen LogP contribution in [0.4, 0.5) is 0 Å². The average molecular weight is 293 g/mol. The molecule has 0 amide bonds. The smallest absolute Gasteiger partial charge is 0.339 e. The van der Waals surface area contributed by atoms with E-state index < -0.39 is 5.97 Å². The molecule has 0 saturated carbocycles. The molecule has 0 aliphatic heterocycles. The number of carbonyl (C=O) groups is 1. The summed E-state index contributed by atoms with van der Waals surface area (Å²) in [6.45, 7) is 0.278. The van der Waals surface area contributed by atoms with Crippen LogP contribution in [0.3, 0.4) is 0 Å². The number of rotatable bonds is 5. The second-order valence-corrected chi connectivity index (χ2v) is 4.47. The number of aromatic carboxylic acids is 1. The molecule has 0 saturated heterocycles. The Morgan fingerprint density at radius 1 is 1.20 bits per heavy atom. The predicted octanol–water partition coefficient (Wildman–Crippen LogP) is 3.63. The van der Waals surface area contributed by atoms with Crippen molar-refractivity contribution in [1.82, 2.24) is 0 Å². The van der Waals surface area contributed by atoms with Gasteiger partial charge in [0.2, 0.25) is 0 Å². The van der Waals surface area contributed by atoms with E-state index in [1.54, 1.807) is 24.3 Å². The van der Waals surface area contributed by atoms with E-state index in [0.717, 1.165) is 5.56 Å². The van der Waals surface area contributed by atoms with E-state index in [0.29, 0.717) is 16.5 Å². The number of benzene rings is 2. The molecule has 2 aromatic rings. The van der Waals surface area contributed by atoms with Gasteiger partial charge in [-0.15, -0.1) is 0 Å². The first-order valence-electron chi connectivity index (χ1n) is 5.89. The van der Waals surface area contributed by atoms with E-state index in [-0.39, 0.29) is 12.2 Å². The SMILES string of the molecule is COc1cc(COc2ccccc2Cl)ccc1C(=O)O. The summed E-state index contributed by atoms with van der Waals surface area (Å²) in [6, 6.07) is 12.0. The number of ether oxygens (including phenoxy) is 2. The fourth-order valence-electron chi connectivity index (χ4n) is 1.72. The van der Waals surface area contributed by atoms with E-state index in [1.807, 2.05) is 12.1 Å². The lowest BCUT2D eigenvalue weighted by Crippen LogP contribution is -2.02. The molecule has 5 heteroatoms. The van der Waals surface area contributed by atoms with Crippen LogP contribution in [0.5, 0.6) is 11.5 Å². The van der Waals surface area contributed by atoms with Gasteiger partial charge in [0.05, 0.1) is 12.1 Å². The molecular weight excluding hydrogens is 280 g/mol. The highest BCUT2D eigenvalue weighted by molar-refractivity contribution is 6.32. The molecule has 0 aliphatic rings. The average Bonchev–Trinajstić information content (AvgIpc) is 2.46. The van der Waals surface area contributed by atoms with Gasteiger partial charge in [0, 0.05) is 0 Å². The zero-order valence-corrected chi connectivity index (χ0v) is 11.6. The summed E-state index contributed by atoms with van der Waals surface area (Å²) in [6.07, 6.45) is 0. The zero-order chi connectivity index (χ0) is 14.5. The monoisotopic (exact) mass is 292 g/mol. The van der Waals surface area contributed by atoms with Crippen molar-refractivity contribution in [3.8, 4) is 11.5 Å². The highest BCUT2D eigenvalue weighted by Crippen LogP contribution is 2.25. The summed E-state index contributed by atoms with van der Waals surface area (Å²) < 4.78 is 10.6. The Morgan fingerprint density at radius 2 is 1.95 bits per heavy atom. The molecule has 0 atom stereocenters. The molecule has 0 heterocycles. The fourth-order valence-corrected chi connectivity index (χ4v) is 1.92. The van der Waals surface area contributed by atoms with Gasteiger partial charge in [-0.05, 0) is 29.8 Å². The van der Waals surface area contributed by atoms with Crippen LogP contribution in [-0.2, 0) is 6.61 Å². The predicted molar refractivity (Wildman–Crippen MR) is 75.7 cm³/mol. The standard InChI is InChI=1S/C15H13ClO4/c1-19-14-8-10(6-7-11(14)15(17)18)9-20-13-5-3-2-4-12(13)16/h2-8H,9H2,1H3,(H,17,18). The van der Waals surface area contributed by atoms with Crippen molar-refractivity contribution in [1.29, 1.82) is 0 Å². The van der Waals surface area contributed by atoms with Gasteiger partial charge >= 0.3 is 5.97 Å². The van der Waals surface area contributed by atoms with Crippen molar-refractivity contribution in [2.24, 2.45) is 0 Å². The summed E-state index contributed by atoms with van der Waals surface area (Å²) in [5, 5.41) is 9.53. The molecule has 4 nitrogen and oxygen atoms in total. The molecule has 0 spiro atoms. The fraction of sp³-hybridized carbons (Fsp3) is 0.133. The Hall–Kier alpha value is -2.20. The van der Waals surface area contributed by atoms with Crippen molar-refractivity contribution in [2.45, 2.75) is 6.61 Å². The molecule has 1 N–H and O–H groups in total. The van der Waals surface area contributed by atoms with Gasteiger partial charge in [0.25, 0.3) is 0 Å². The van der Waals surface area contributed by atoms with Crippen LogP contribution < -0.4 is 9.47 Å². The number of halogens is 1. The minimum atomic E-state index is -1.03. The Bertz CT molecular complexity index is 625. The summed E-state index contributed by atoms with van der Waals surface area (Å²) in [4.78, 5) is 11.0. The lowest BCUT2D eigenvalue weighted by molar-refractivity contribution is 0.0693. The molecular formula is C15H13ClO4. The molecule has 0 aromatic heterocycles. The molecule has 104 valence electrons. The number of hydrogen-bond acceptors (Lipinski definition) is 3. The summed E-state index contributed by atoms with van der Waals surface area (Å²) >= 11 is 5.99. The normalized spacial score (nSPS) is 10.1. The van der Waals surface area contributed by atoms with Gasteiger partial charge in [-0.25, -0.2) is 4.79 Å². The maximum absolute atomic E-state index is 11.0. The van der Waals surface area contributed by atoms with E-state index >= 15 is 0 Å². The Kier molecular flexibility index (Phi) is 4.48. The van der Waals surface area contributed by atoms with Crippen LogP contribution in [-0.4, -0.2) is 18.2 Å². The maximum Gasteiger partial charge on any atom is 0.339 e. The lowest BCUT2D eigenvalue weighted by atomic mass is 10.1. The molecule has 20 heavy (non-hydrogen) atoms. The minimum absolute atomic E-state index is 0.119.